The quantitative estimate of drug-likeness (QED) is 0.778. The highest BCUT2D eigenvalue weighted by molar-refractivity contribution is 7.89. The van der Waals surface area contributed by atoms with Crippen LogP contribution in [-0.2, 0) is 14.9 Å². The van der Waals surface area contributed by atoms with E-state index in [9.17, 15) is 13.2 Å². The first-order valence-corrected chi connectivity index (χ1v) is 8.58. The Kier molecular flexibility index (Phi) is 3.76. The van der Waals surface area contributed by atoms with Gasteiger partial charge in [-0.2, -0.15) is 0 Å². The molecule has 0 unspecified atom stereocenters. The molecule has 0 spiro atoms. The molecular formula is C13H18N2O5S. The standard InChI is InChI=1S/C13H18N2O5S/c16-13(17)12-7-11(8-15(12)9-5-6-9)21(18,19)14-20-10-3-1-2-4-10/h7-10,14H,1-6H2,(H,16,17). The maximum Gasteiger partial charge on any atom is 0.352 e. The summed E-state index contributed by atoms with van der Waals surface area (Å²) in [7, 11) is -3.85. The number of nitrogens with zero attached hydrogens (tertiary/aromatic N) is 1. The maximum absolute atomic E-state index is 12.2. The highest BCUT2D eigenvalue weighted by Crippen LogP contribution is 2.37. The van der Waals surface area contributed by atoms with E-state index in [1.165, 1.54) is 16.8 Å². The first-order valence-electron chi connectivity index (χ1n) is 7.10. The lowest BCUT2D eigenvalue weighted by Crippen LogP contribution is -2.28. The lowest BCUT2D eigenvalue weighted by molar-refractivity contribution is 0.0223. The van der Waals surface area contributed by atoms with Crippen molar-refractivity contribution in [2.24, 2.45) is 0 Å². The molecule has 2 saturated carbocycles. The van der Waals surface area contributed by atoms with Crippen LogP contribution < -0.4 is 4.89 Å². The summed E-state index contributed by atoms with van der Waals surface area (Å²) in [6, 6.07) is 1.27. The number of aromatic nitrogens is 1. The van der Waals surface area contributed by atoms with Crippen LogP contribution in [0.1, 0.15) is 55.1 Å². The fourth-order valence-electron chi connectivity index (χ4n) is 2.61. The van der Waals surface area contributed by atoms with Crippen LogP contribution in [0.5, 0.6) is 0 Å². The third-order valence-electron chi connectivity index (χ3n) is 3.92. The summed E-state index contributed by atoms with van der Waals surface area (Å²) in [6.45, 7) is 0. The number of carboxylic acid groups (broad SMARTS) is 1. The Bertz CT molecular complexity index is 642. The monoisotopic (exact) mass is 314 g/mol. The van der Waals surface area contributed by atoms with Crippen molar-refractivity contribution >= 4 is 16.0 Å². The molecule has 21 heavy (non-hydrogen) atoms. The van der Waals surface area contributed by atoms with E-state index in [-0.39, 0.29) is 22.7 Å². The Balaban J connectivity index is 1.77. The zero-order chi connectivity index (χ0) is 15.0. The molecule has 0 aromatic carbocycles. The van der Waals surface area contributed by atoms with Crippen LogP contribution in [0, 0.1) is 0 Å². The van der Waals surface area contributed by atoms with Crippen molar-refractivity contribution in [1.82, 2.24) is 9.45 Å². The van der Waals surface area contributed by atoms with Gasteiger partial charge in [0.25, 0.3) is 10.0 Å². The Morgan fingerprint density at radius 3 is 2.52 bits per heavy atom. The number of sulfonamides is 1. The summed E-state index contributed by atoms with van der Waals surface area (Å²) in [6.07, 6.45) is 6.78. The number of hydrogen-bond donors (Lipinski definition) is 2. The Labute approximate surface area is 122 Å². The van der Waals surface area contributed by atoms with E-state index in [4.69, 9.17) is 9.94 Å². The molecule has 7 nitrogen and oxygen atoms in total. The van der Waals surface area contributed by atoms with Gasteiger partial charge in [-0.1, -0.05) is 17.7 Å². The molecule has 0 aliphatic heterocycles. The molecule has 2 fully saturated rings. The fourth-order valence-corrected chi connectivity index (χ4v) is 3.49. The molecule has 0 amide bonds. The van der Waals surface area contributed by atoms with Crippen LogP contribution in [0.2, 0.25) is 0 Å². The average molecular weight is 314 g/mol. The molecule has 1 heterocycles. The summed E-state index contributed by atoms with van der Waals surface area (Å²) >= 11 is 0. The van der Waals surface area contributed by atoms with Crippen LogP contribution in [0.25, 0.3) is 0 Å². The number of nitrogens with one attached hydrogen (secondary N) is 1. The predicted molar refractivity (Wildman–Crippen MR) is 73.3 cm³/mol. The van der Waals surface area contributed by atoms with E-state index in [1.807, 2.05) is 0 Å². The highest BCUT2D eigenvalue weighted by atomic mass is 32.2. The second-order valence-electron chi connectivity index (χ2n) is 5.62. The van der Waals surface area contributed by atoms with Gasteiger partial charge in [0.2, 0.25) is 0 Å². The van der Waals surface area contributed by atoms with Gasteiger partial charge in [-0.25, -0.2) is 13.2 Å². The summed E-state index contributed by atoms with van der Waals surface area (Å²) in [4.78, 5) is 18.5. The molecule has 2 aliphatic rings. The molecule has 116 valence electrons. The van der Waals surface area contributed by atoms with Crippen molar-refractivity contribution in [2.75, 3.05) is 0 Å². The minimum Gasteiger partial charge on any atom is -0.477 e. The fraction of sp³-hybridized carbons (Fsp3) is 0.615. The molecule has 3 rings (SSSR count). The molecule has 0 saturated heterocycles. The molecular weight excluding hydrogens is 296 g/mol. The third kappa shape index (κ3) is 3.12. The molecule has 0 atom stereocenters. The van der Waals surface area contributed by atoms with E-state index in [0.29, 0.717) is 0 Å². The van der Waals surface area contributed by atoms with Crippen molar-refractivity contribution in [3.63, 3.8) is 0 Å². The van der Waals surface area contributed by atoms with Crippen LogP contribution in [-0.4, -0.2) is 30.2 Å². The maximum atomic E-state index is 12.2. The molecule has 1 aromatic rings. The van der Waals surface area contributed by atoms with Gasteiger partial charge in [0.05, 0.1) is 6.10 Å². The van der Waals surface area contributed by atoms with Crippen LogP contribution in [0.4, 0.5) is 0 Å². The summed E-state index contributed by atoms with van der Waals surface area (Å²) in [5.74, 6) is -1.12. The average Bonchev–Trinajstić information content (AvgIpc) is 2.97. The van der Waals surface area contributed by atoms with Crippen LogP contribution in [0.3, 0.4) is 0 Å². The SMILES string of the molecule is O=C(O)c1cc(S(=O)(=O)NOC2CCCC2)cn1C1CC1. The Morgan fingerprint density at radius 2 is 1.95 bits per heavy atom. The van der Waals surface area contributed by atoms with Gasteiger partial charge in [-0.15, -0.1) is 0 Å². The summed E-state index contributed by atoms with van der Waals surface area (Å²) < 4.78 is 25.9. The summed E-state index contributed by atoms with van der Waals surface area (Å²) in [5, 5.41) is 9.16. The highest BCUT2D eigenvalue weighted by Gasteiger charge is 2.31. The van der Waals surface area contributed by atoms with Crippen molar-refractivity contribution in [2.45, 2.75) is 55.6 Å². The molecule has 2 aliphatic carbocycles. The van der Waals surface area contributed by atoms with Gasteiger partial charge in [0.15, 0.2) is 0 Å². The summed E-state index contributed by atoms with van der Waals surface area (Å²) in [5.41, 5.74) is -0.00117. The van der Waals surface area contributed by atoms with E-state index >= 15 is 0 Å². The van der Waals surface area contributed by atoms with Crippen molar-refractivity contribution < 1.29 is 23.2 Å². The zero-order valence-electron chi connectivity index (χ0n) is 11.5. The number of carboxylic acids is 1. The van der Waals surface area contributed by atoms with Crippen LogP contribution >= 0.6 is 0 Å². The second-order valence-corrected chi connectivity index (χ2v) is 7.26. The van der Waals surface area contributed by atoms with E-state index in [0.717, 1.165) is 38.5 Å². The minimum absolute atomic E-state index is 0.00117. The zero-order valence-corrected chi connectivity index (χ0v) is 12.3. The van der Waals surface area contributed by atoms with Gasteiger partial charge in [0.1, 0.15) is 10.6 Å². The van der Waals surface area contributed by atoms with Crippen molar-refractivity contribution in [3.05, 3.63) is 18.0 Å². The third-order valence-corrected chi connectivity index (χ3v) is 5.08. The van der Waals surface area contributed by atoms with Crippen LogP contribution in [0.15, 0.2) is 17.2 Å². The molecule has 2 N–H and O–H groups in total. The first-order chi connectivity index (χ1) is 9.97. The van der Waals surface area contributed by atoms with E-state index in [2.05, 4.69) is 4.89 Å². The van der Waals surface area contributed by atoms with Crippen molar-refractivity contribution in [1.29, 1.82) is 0 Å². The van der Waals surface area contributed by atoms with Gasteiger partial charge in [-0.3, -0.25) is 4.84 Å². The normalized spacial score (nSPS) is 20.0. The van der Waals surface area contributed by atoms with E-state index < -0.39 is 16.0 Å². The lowest BCUT2D eigenvalue weighted by atomic mass is 10.3. The van der Waals surface area contributed by atoms with Gasteiger partial charge in [-0.05, 0) is 31.7 Å². The number of hydrogen-bond acceptors (Lipinski definition) is 4. The van der Waals surface area contributed by atoms with Crippen molar-refractivity contribution in [3.8, 4) is 0 Å². The topological polar surface area (TPSA) is 97.6 Å². The lowest BCUT2D eigenvalue weighted by Gasteiger charge is -2.11. The van der Waals surface area contributed by atoms with E-state index in [1.54, 1.807) is 0 Å². The Morgan fingerprint density at radius 1 is 1.29 bits per heavy atom. The van der Waals surface area contributed by atoms with Gasteiger partial charge < -0.3 is 9.67 Å². The molecule has 0 bridgehead atoms. The first kappa shape index (κ1) is 14.6. The molecule has 8 heteroatoms. The number of rotatable bonds is 6. The largest absolute Gasteiger partial charge is 0.477 e. The van der Waals surface area contributed by atoms with Gasteiger partial charge >= 0.3 is 5.97 Å². The van der Waals surface area contributed by atoms with Gasteiger partial charge in [0, 0.05) is 12.2 Å². The Hall–Kier alpha value is -1.38. The number of aromatic carboxylic acids is 1. The minimum atomic E-state index is -3.85. The number of carbonyl (C=O) groups is 1. The molecule has 0 radical (unpaired) electrons. The smallest absolute Gasteiger partial charge is 0.352 e. The second kappa shape index (κ2) is 5.43. The molecule has 1 aromatic heterocycles. The predicted octanol–water partition coefficient (Wildman–Crippen LogP) is 1.67.